The molecule has 0 radical (unpaired) electrons. The fourth-order valence-corrected chi connectivity index (χ4v) is 2.60. The number of nitrogens with one attached hydrogen (secondary N) is 1. The van der Waals surface area contributed by atoms with Crippen LogP contribution in [0.3, 0.4) is 0 Å². The van der Waals surface area contributed by atoms with E-state index in [0.717, 1.165) is 32.1 Å². The molecule has 74 valence electrons. The van der Waals surface area contributed by atoms with Gasteiger partial charge in [0.25, 0.3) is 0 Å². The average molecular weight is 181 g/mol. The molecule has 1 N–H and O–H groups in total. The van der Waals surface area contributed by atoms with Gasteiger partial charge in [0.1, 0.15) is 0 Å². The van der Waals surface area contributed by atoms with Crippen molar-refractivity contribution >= 4 is 0 Å². The molecule has 2 rings (SSSR count). The van der Waals surface area contributed by atoms with E-state index in [0.29, 0.717) is 0 Å². The van der Waals surface area contributed by atoms with Crippen molar-refractivity contribution in [1.82, 2.24) is 5.32 Å². The Bertz CT molecular complexity index is 202. The highest BCUT2D eigenvalue weighted by Crippen LogP contribution is 2.33. The fourth-order valence-electron chi connectivity index (χ4n) is 2.60. The summed E-state index contributed by atoms with van der Waals surface area (Å²) in [6, 6.07) is 0. The van der Waals surface area contributed by atoms with E-state index in [-0.39, 0.29) is 5.54 Å². The quantitative estimate of drug-likeness (QED) is 0.622. The van der Waals surface area contributed by atoms with Crippen molar-refractivity contribution in [2.75, 3.05) is 19.8 Å². The van der Waals surface area contributed by atoms with Crippen molar-refractivity contribution in [2.24, 2.45) is 5.92 Å². The van der Waals surface area contributed by atoms with Crippen LogP contribution in [0.25, 0.3) is 0 Å². The van der Waals surface area contributed by atoms with Crippen LogP contribution < -0.4 is 5.32 Å². The van der Waals surface area contributed by atoms with Crippen molar-refractivity contribution in [1.29, 1.82) is 0 Å². The summed E-state index contributed by atoms with van der Waals surface area (Å²) in [4.78, 5) is 0. The van der Waals surface area contributed by atoms with E-state index in [2.05, 4.69) is 24.4 Å². The highest BCUT2D eigenvalue weighted by atomic mass is 16.5. The molecule has 2 aliphatic heterocycles. The molecule has 1 saturated heterocycles. The summed E-state index contributed by atoms with van der Waals surface area (Å²) in [6.45, 7) is 5.15. The van der Waals surface area contributed by atoms with Crippen LogP contribution in [0, 0.1) is 5.92 Å². The van der Waals surface area contributed by atoms with Crippen molar-refractivity contribution in [3.05, 3.63) is 12.2 Å². The van der Waals surface area contributed by atoms with Gasteiger partial charge in [0.2, 0.25) is 0 Å². The SMILES string of the molecule is CC[C@H]1CCOC[C@]12CC=CCN2. The molecule has 1 fully saturated rings. The third kappa shape index (κ3) is 1.65. The summed E-state index contributed by atoms with van der Waals surface area (Å²) in [7, 11) is 0. The Morgan fingerprint density at radius 3 is 3.15 bits per heavy atom. The summed E-state index contributed by atoms with van der Waals surface area (Å²) in [6.07, 6.45) is 8.15. The first kappa shape index (κ1) is 9.22. The first-order valence-corrected chi connectivity index (χ1v) is 5.35. The monoisotopic (exact) mass is 181 g/mol. The van der Waals surface area contributed by atoms with Crippen molar-refractivity contribution < 1.29 is 4.74 Å². The lowest BCUT2D eigenvalue weighted by molar-refractivity contribution is -0.0207. The highest BCUT2D eigenvalue weighted by Gasteiger charge is 2.39. The van der Waals surface area contributed by atoms with Crippen molar-refractivity contribution in [3.63, 3.8) is 0 Å². The van der Waals surface area contributed by atoms with Crippen LogP contribution in [0.15, 0.2) is 12.2 Å². The van der Waals surface area contributed by atoms with Crippen LogP contribution in [0.4, 0.5) is 0 Å². The van der Waals surface area contributed by atoms with Gasteiger partial charge in [0.15, 0.2) is 0 Å². The molecular formula is C11H19NO. The Kier molecular flexibility index (Phi) is 2.70. The Morgan fingerprint density at radius 1 is 1.54 bits per heavy atom. The molecule has 2 aliphatic rings. The summed E-state index contributed by atoms with van der Waals surface area (Å²) in [5.74, 6) is 0.797. The summed E-state index contributed by atoms with van der Waals surface area (Å²) in [5, 5.41) is 3.62. The predicted molar refractivity (Wildman–Crippen MR) is 53.7 cm³/mol. The zero-order valence-corrected chi connectivity index (χ0v) is 8.38. The normalized spacial score (nSPS) is 39.6. The third-order valence-corrected chi connectivity index (χ3v) is 3.47. The van der Waals surface area contributed by atoms with Gasteiger partial charge < -0.3 is 10.1 Å². The largest absolute Gasteiger partial charge is 0.380 e. The van der Waals surface area contributed by atoms with Gasteiger partial charge in [-0.2, -0.15) is 0 Å². The Labute approximate surface area is 80.4 Å². The minimum absolute atomic E-state index is 0.266. The van der Waals surface area contributed by atoms with Crippen LogP contribution in [0.1, 0.15) is 26.2 Å². The fraction of sp³-hybridized carbons (Fsp3) is 0.818. The topological polar surface area (TPSA) is 21.3 Å². The summed E-state index contributed by atoms with van der Waals surface area (Å²) < 4.78 is 5.60. The second-order valence-corrected chi connectivity index (χ2v) is 4.16. The maximum atomic E-state index is 5.60. The van der Waals surface area contributed by atoms with E-state index in [1.54, 1.807) is 0 Å². The van der Waals surface area contributed by atoms with Gasteiger partial charge >= 0.3 is 0 Å². The third-order valence-electron chi connectivity index (χ3n) is 3.47. The molecule has 0 bridgehead atoms. The predicted octanol–water partition coefficient (Wildman–Crippen LogP) is 1.72. The van der Waals surface area contributed by atoms with Crippen molar-refractivity contribution in [2.45, 2.75) is 31.7 Å². The Hall–Kier alpha value is -0.340. The van der Waals surface area contributed by atoms with Gasteiger partial charge in [-0.3, -0.25) is 0 Å². The highest BCUT2D eigenvalue weighted by molar-refractivity contribution is 5.07. The van der Waals surface area contributed by atoms with Crippen LogP contribution in [0.5, 0.6) is 0 Å². The van der Waals surface area contributed by atoms with E-state index in [1.165, 1.54) is 12.8 Å². The lowest BCUT2D eigenvalue weighted by atomic mass is 9.75. The second kappa shape index (κ2) is 3.81. The minimum atomic E-state index is 0.266. The van der Waals surface area contributed by atoms with Gasteiger partial charge in [-0.15, -0.1) is 0 Å². The molecule has 13 heavy (non-hydrogen) atoms. The molecule has 2 heterocycles. The lowest BCUT2D eigenvalue weighted by Gasteiger charge is -2.45. The summed E-state index contributed by atoms with van der Waals surface area (Å²) in [5.41, 5.74) is 0.266. The van der Waals surface area contributed by atoms with Crippen LogP contribution >= 0.6 is 0 Å². The average Bonchev–Trinajstić information content (AvgIpc) is 2.20. The first-order chi connectivity index (χ1) is 6.37. The summed E-state index contributed by atoms with van der Waals surface area (Å²) >= 11 is 0. The zero-order chi connectivity index (χ0) is 9.15. The van der Waals surface area contributed by atoms with Crippen LogP contribution in [-0.4, -0.2) is 25.3 Å². The molecular weight excluding hydrogens is 162 g/mol. The van der Waals surface area contributed by atoms with Gasteiger partial charge in [0, 0.05) is 18.7 Å². The molecule has 0 aromatic heterocycles. The maximum Gasteiger partial charge on any atom is 0.0654 e. The Morgan fingerprint density at radius 2 is 2.46 bits per heavy atom. The van der Waals surface area contributed by atoms with E-state index >= 15 is 0 Å². The van der Waals surface area contributed by atoms with E-state index in [4.69, 9.17) is 4.74 Å². The maximum absolute atomic E-state index is 5.60. The van der Waals surface area contributed by atoms with Crippen LogP contribution in [0.2, 0.25) is 0 Å². The van der Waals surface area contributed by atoms with E-state index in [9.17, 15) is 0 Å². The molecule has 2 atom stereocenters. The number of hydrogen-bond donors (Lipinski definition) is 1. The number of hydrogen-bond acceptors (Lipinski definition) is 2. The van der Waals surface area contributed by atoms with Gasteiger partial charge in [-0.25, -0.2) is 0 Å². The van der Waals surface area contributed by atoms with Gasteiger partial charge in [-0.1, -0.05) is 25.5 Å². The molecule has 0 unspecified atom stereocenters. The molecule has 0 saturated carbocycles. The van der Waals surface area contributed by atoms with E-state index < -0.39 is 0 Å². The van der Waals surface area contributed by atoms with Gasteiger partial charge in [-0.05, 0) is 18.8 Å². The molecule has 2 heteroatoms. The van der Waals surface area contributed by atoms with Gasteiger partial charge in [0.05, 0.1) is 6.61 Å². The molecule has 0 amide bonds. The standard InChI is InChI=1S/C11H19NO/c1-2-10-5-8-13-9-11(10)6-3-4-7-12-11/h3-4,10,12H,2,5-9H2,1H3/t10-,11+/m0/s1. The number of ether oxygens (including phenoxy) is 1. The first-order valence-electron chi connectivity index (χ1n) is 5.35. The molecule has 0 aliphatic carbocycles. The van der Waals surface area contributed by atoms with E-state index in [1.807, 2.05) is 0 Å². The van der Waals surface area contributed by atoms with Crippen LogP contribution in [-0.2, 0) is 4.74 Å². The minimum Gasteiger partial charge on any atom is -0.380 e. The zero-order valence-electron chi connectivity index (χ0n) is 8.38. The lowest BCUT2D eigenvalue weighted by Crippen LogP contribution is -2.58. The Balaban J connectivity index is 2.11. The number of rotatable bonds is 1. The molecule has 1 spiro atoms. The second-order valence-electron chi connectivity index (χ2n) is 4.16. The smallest absolute Gasteiger partial charge is 0.0654 e. The van der Waals surface area contributed by atoms with Crippen molar-refractivity contribution in [3.8, 4) is 0 Å². The molecule has 2 nitrogen and oxygen atoms in total. The molecule has 0 aromatic rings. The molecule has 0 aromatic carbocycles.